The summed E-state index contributed by atoms with van der Waals surface area (Å²) in [5.74, 6) is -0.178. The van der Waals surface area contributed by atoms with Crippen molar-refractivity contribution in [2.24, 2.45) is 0 Å². The number of hydrogen-bond acceptors (Lipinski definition) is 3. The third-order valence-electron chi connectivity index (χ3n) is 3.65. The monoisotopic (exact) mass is 267 g/mol. The average molecular weight is 267 g/mol. The molecule has 1 heterocycles. The zero-order valence-electron chi connectivity index (χ0n) is 12.1. The Bertz CT molecular complexity index is 414. The van der Waals surface area contributed by atoms with Crippen LogP contribution < -0.4 is 11.1 Å². The van der Waals surface area contributed by atoms with Gasteiger partial charge < -0.3 is 20.7 Å². The summed E-state index contributed by atoms with van der Waals surface area (Å²) in [6.07, 6.45) is 4.09. The largest absolute Gasteiger partial charge is 0.397 e. The molecule has 1 aromatic rings. The maximum absolute atomic E-state index is 12.3. The van der Waals surface area contributed by atoms with Crippen LogP contribution in [-0.4, -0.2) is 27.7 Å². The molecule has 0 atom stereocenters. The number of rotatable bonds is 7. The van der Waals surface area contributed by atoms with Gasteiger partial charge in [0.25, 0.3) is 5.91 Å². The number of aryl methyl sites for hydroxylation is 1. The molecule has 5 heteroatoms. The molecule has 0 saturated carbocycles. The highest BCUT2D eigenvalue weighted by molar-refractivity contribution is 5.94. The molecule has 0 fully saturated rings. The molecule has 0 saturated heterocycles. The van der Waals surface area contributed by atoms with Crippen molar-refractivity contribution >= 4 is 11.6 Å². The summed E-state index contributed by atoms with van der Waals surface area (Å²) in [7, 11) is 0. The van der Waals surface area contributed by atoms with Gasteiger partial charge in [0.15, 0.2) is 0 Å². The average Bonchev–Trinajstić information content (AvgIpc) is 2.77. The van der Waals surface area contributed by atoms with Crippen molar-refractivity contribution in [2.45, 2.75) is 52.1 Å². The van der Waals surface area contributed by atoms with Gasteiger partial charge in [-0.3, -0.25) is 4.79 Å². The van der Waals surface area contributed by atoms with E-state index in [0.717, 1.165) is 13.0 Å². The van der Waals surface area contributed by atoms with Crippen molar-refractivity contribution in [1.29, 1.82) is 0 Å². The number of anilines is 1. The Morgan fingerprint density at radius 1 is 1.42 bits per heavy atom. The van der Waals surface area contributed by atoms with E-state index >= 15 is 0 Å². The first-order valence-corrected chi connectivity index (χ1v) is 6.91. The van der Waals surface area contributed by atoms with Crippen LogP contribution in [0, 0.1) is 0 Å². The van der Waals surface area contributed by atoms with Gasteiger partial charge in [0.1, 0.15) is 5.69 Å². The van der Waals surface area contributed by atoms with Gasteiger partial charge in [0.2, 0.25) is 0 Å². The molecule has 0 aliphatic carbocycles. The van der Waals surface area contributed by atoms with Crippen LogP contribution in [0.5, 0.6) is 0 Å². The minimum atomic E-state index is -0.548. The minimum absolute atomic E-state index is 0.0598. The second-order valence-corrected chi connectivity index (χ2v) is 4.95. The Morgan fingerprint density at radius 2 is 2.05 bits per heavy atom. The normalized spacial score (nSPS) is 11.6. The summed E-state index contributed by atoms with van der Waals surface area (Å²) in [6.45, 7) is 6.66. The molecule has 5 nitrogen and oxygen atoms in total. The van der Waals surface area contributed by atoms with E-state index in [4.69, 9.17) is 5.73 Å². The topological polar surface area (TPSA) is 80.3 Å². The van der Waals surface area contributed by atoms with Crippen LogP contribution in [0.25, 0.3) is 0 Å². The zero-order valence-corrected chi connectivity index (χ0v) is 12.1. The van der Waals surface area contributed by atoms with Crippen LogP contribution in [0.15, 0.2) is 12.3 Å². The van der Waals surface area contributed by atoms with Crippen molar-refractivity contribution in [3.05, 3.63) is 18.0 Å². The molecule has 1 amide bonds. The van der Waals surface area contributed by atoms with E-state index in [2.05, 4.69) is 5.32 Å². The Balaban J connectivity index is 2.94. The lowest BCUT2D eigenvalue weighted by atomic mass is 9.93. The van der Waals surface area contributed by atoms with E-state index in [-0.39, 0.29) is 12.5 Å². The highest BCUT2D eigenvalue weighted by atomic mass is 16.3. The van der Waals surface area contributed by atoms with Gasteiger partial charge >= 0.3 is 0 Å². The quantitative estimate of drug-likeness (QED) is 0.704. The smallest absolute Gasteiger partial charge is 0.268 e. The van der Waals surface area contributed by atoms with Gasteiger partial charge in [-0.1, -0.05) is 20.8 Å². The summed E-state index contributed by atoms with van der Waals surface area (Å²) >= 11 is 0. The molecule has 0 bridgehead atoms. The van der Waals surface area contributed by atoms with Gasteiger partial charge in [-0.15, -0.1) is 0 Å². The number of carbonyl (C=O) groups is 1. The number of carbonyl (C=O) groups excluding carboxylic acids is 1. The highest BCUT2D eigenvalue weighted by Gasteiger charge is 2.28. The lowest BCUT2D eigenvalue weighted by molar-refractivity contribution is 0.0808. The summed E-state index contributed by atoms with van der Waals surface area (Å²) in [6, 6.07) is 1.68. The maximum atomic E-state index is 12.3. The van der Waals surface area contributed by atoms with E-state index in [1.54, 1.807) is 12.3 Å². The van der Waals surface area contributed by atoms with Crippen LogP contribution >= 0.6 is 0 Å². The predicted molar refractivity (Wildman–Crippen MR) is 77.0 cm³/mol. The molecule has 0 aliphatic heterocycles. The van der Waals surface area contributed by atoms with Crippen molar-refractivity contribution < 1.29 is 9.90 Å². The molecule has 0 radical (unpaired) electrons. The van der Waals surface area contributed by atoms with Crippen molar-refractivity contribution in [3.8, 4) is 0 Å². The van der Waals surface area contributed by atoms with E-state index < -0.39 is 5.54 Å². The summed E-state index contributed by atoms with van der Waals surface area (Å²) in [4.78, 5) is 12.3. The molecule has 1 aromatic heterocycles. The molecular weight excluding hydrogens is 242 g/mol. The zero-order chi connectivity index (χ0) is 14.5. The third kappa shape index (κ3) is 3.50. The molecular formula is C14H25N3O2. The van der Waals surface area contributed by atoms with Gasteiger partial charge in [-0.25, -0.2) is 0 Å². The molecule has 0 aliphatic rings. The number of nitrogens with zero attached hydrogens (tertiary/aromatic N) is 1. The number of nitrogen functional groups attached to an aromatic ring is 1. The third-order valence-corrected chi connectivity index (χ3v) is 3.65. The fraction of sp³-hybridized carbons (Fsp3) is 0.643. The second-order valence-electron chi connectivity index (χ2n) is 4.95. The van der Waals surface area contributed by atoms with Crippen LogP contribution in [-0.2, 0) is 6.54 Å². The fourth-order valence-corrected chi connectivity index (χ4v) is 2.14. The molecule has 19 heavy (non-hydrogen) atoms. The summed E-state index contributed by atoms with van der Waals surface area (Å²) in [5.41, 5.74) is 6.35. The molecule has 0 unspecified atom stereocenters. The van der Waals surface area contributed by atoms with Gasteiger partial charge in [0.05, 0.1) is 17.8 Å². The molecule has 4 N–H and O–H groups in total. The lowest BCUT2D eigenvalue weighted by Crippen LogP contribution is -2.50. The lowest BCUT2D eigenvalue weighted by Gasteiger charge is -2.30. The van der Waals surface area contributed by atoms with E-state index in [9.17, 15) is 9.90 Å². The van der Waals surface area contributed by atoms with Crippen molar-refractivity contribution in [2.75, 3.05) is 12.3 Å². The number of nitrogens with one attached hydrogen (secondary N) is 1. The first kappa shape index (κ1) is 15.6. The van der Waals surface area contributed by atoms with Crippen LogP contribution in [0.2, 0.25) is 0 Å². The number of aliphatic hydroxyl groups excluding tert-OH is 1. The first-order chi connectivity index (χ1) is 9.01. The second kappa shape index (κ2) is 6.61. The Kier molecular flexibility index (Phi) is 5.42. The van der Waals surface area contributed by atoms with Crippen LogP contribution in [0.3, 0.4) is 0 Å². The number of amides is 1. The Labute approximate surface area is 114 Å². The molecule has 1 rings (SSSR count). The van der Waals surface area contributed by atoms with Crippen LogP contribution in [0.1, 0.15) is 50.5 Å². The number of hydrogen-bond donors (Lipinski definition) is 3. The maximum Gasteiger partial charge on any atom is 0.268 e. The SMILES string of the molecule is CCCn1cc(N)cc1C(=O)NC(CC)(CC)CO. The fourth-order valence-electron chi connectivity index (χ4n) is 2.14. The predicted octanol–water partition coefficient (Wildman–Crippen LogP) is 1.76. The minimum Gasteiger partial charge on any atom is -0.397 e. The number of aromatic nitrogens is 1. The molecule has 108 valence electrons. The highest BCUT2D eigenvalue weighted by Crippen LogP contribution is 2.17. The van der Waals surface area contributed by atoms with Gasteiger partial charge in [-0.2, -0.15) is 0 Å². The molecule has 0 aromatic carbocycles. The Hall–Kier alpha value is -1.49. The standard InChI is InChI=1S/C14H25N3O2/c1-4-7-17-9-11(15)8-12(17)13(19)16-14(5-2,6-3)10-18/h8-9,18H,4-7,10,15H2,1-3H3,(H,16,19). The van der Waals surface area contributed by atoms with E-state index in [1.807, 2.05) is 25.3 Å². The molecule has 0 spiro atoms. The number of nitrogens with two attached hydrogens (primary N) is 1. The Morgan fingerprint density at radius 3 is 2.53 bits per heavy atom. The first-order valence-electron chi connectivity index (χ1n) is 6.91. The van der Waals surface area contributed by atoms with Gasteiger partial charge in [0, 0.05) is 12.7 Å². The number of aliphatic hydroxyl groups is 1. The van der Waals surface area contributed by atoms with E-state index in [0.29, 0.717) is 24.2 Å². The van der Waals surface area contributed by atoms with E-state index in [1.165, 1.54) is 0 Å². The van der Waals surface area contributed by atoms with Crippen molar-refractivity contribution in [1.82, 2.24) is 9.88 Å². The van der Waals surface area contributed by atoms with Crippen molar-refractivity contribution in [3.63, 3.8) is 0 Å². The summed E-state index contributed by atoms with van der Waals surface area (Å²) in [5, 5.41) is 12.4. The summed E-state index contributed by atoms with van der Waals surface area (Å²) < 4.78 is 1.86. The van der Waals surface area contributed by atoms with Gasteiger partial charge in [-0.05, 0) is 25.3 Å². The van der Waals surface area contributed by atoms with Crippen LogP contribution in [0.4, 0.5) is 5.69 Å².